The van der Waals surface area contributed by atoms with Gasteiger partial charge in [0.2, 0.25) is 10.0 Å². The van der Waals surface area contributed by atoms with Gasteiger partial charge in [-0.2, -0.15) is 4.31 Å². The van der Waals surface area contributed by atoms with E-state index in [1.807, 2.05) is 18.2 Å². The van der Waals surface area contributed by atoms with Crippen molar-refractivity contribution in [2.75, 3.05) is 33.3 Å². The Morgan fingerprint density at radius 2 is 1.69 bits per heavy atom. The molecule has 1 heterocycles. The highest BCUT2D eigenvalue weighted by molar-refractivity contribution is 7.89. The lowest BCUT2D eigenvalue weighted by Crippen LogP contribution is -2.49. The zero-order valence-corrected chi connectivity index (χ0v) is 16.5. The lowest BCUT2D eigenvalue weighted by molar-refractivity contribution is 0.145. The molecule has 0 radical (unpaired) electrons. The number of rotatable bonds is 5. The molecule has 3 rings (SSSR count). The molecule has 0 spiro atoms. The van der Waals surface area contributed by atoms with Gasteiger partial charge in [0.25, 0.3) is 0 Å². The Balaban J connectivity index is 1.74. The molecule has 0 bridgehead atoms. The summed E-state index contributed by atoms with van der Waals surface area (Å²) in [5.41, 5.74) is 1.24. The second kappa shape index (κ2) is 7.96. The Morgan fingerprint density at radius 3 is 2.31 bits per heavy atom. The van der Waals surface area contributed by atoms with Gasteiger partial charge in [-0.3, -0.25) is 4.90 Å². The molecule has 2 aromatic rings. The fourth-order valence-corrected chi connectivity index (χ4v) is 5.11. The lowest BCUT2D eigenvalue weighted by atomic mass is 10.1. The molecule has 0 N–H and O–H groups in total. The molecular formula is C19H23ClN2O3S. The third-order valence-electron chi connectivity index (χ3n) is 4.85. The standard InChI is InChI=1S/C19H23ClN2O3S/c1-15(16-6-4-3-5-7-16)21-10-12-22(13-11-21)26(23,24)19-14-17(20)8-9-18(19)25-2/h3-9,14-15H,10-13H2,1-2H3. The molecule has 0 aliphatic carbocycles. The van der Waals surface area contributed by atoms with E-state index in [4.69, 9.17) is 16.3 Å². The minimum atomic E-state index is -3.64. The summed E-state index contributed by atoms with van der Waals surface area (Å²) in [7, 11) is -2.18. The molecule has 0 aromatic heterocycles. The summed E-state index contributed by atoms with van der Waals surface area (Å²) in [5, 5.41) is 0.376. The largest absolute Gasteiger partial charge is 0.495 e. The number of methoxy groups -OCH3 is 1. The van der Waals surface area contributed by atoms with Crippen LogP contribution in [0.25, 0.3) is 0 Å². The second-order valence-electron chi connectivity index (χ2n) is 6.32. The van der Waals surface area contributed by atoms with E-state index in [0.29, 0.717) is 37.0 Å². The summed E-state index contributed by atoms with van der Waals surface area (Å²) < 4.78 is 32.8. The van der Waals surface area contributed by atoms with Crippen molar-refractivity contribution in [3.63, 3.8) is 0 Å². The zero-order chi connectivity index (χ0) is 18.7. The van der Waals surface area contributed by atoms with Crippen molar-refractivity contribution in [1.29, 1.82) is 0 Å². The van der Waals surface area contributed by atoms with E-state index in [2.05, 4.69) is 24.0 Å². The van der Waals surface area contributed by atoms with Crippen LogP contribution in [0.3, 0.4) is 0 Å². The summed E-state index contributed by atoms with van der Waals surface area (Å²) >= 11 is 6.00. The summed E-state index contributed by atoms with van der Waals surface area (Å²) in [6, 6.07) is 15.2. The minimum absolute atomic E-state index is 0.122. The number of nitrogens with zero attached hydrogens (tertiary/aromatic N) is 2. The molecular weight excluding hydrogens is 372 g/mol. The first-order valence-corrected chi connectivity index (χ1v) is 10.4. The number of benzene rings is 2. The Kier molecular flexibility index (Phi) is 5.87. The van der Waals surface area contributed by atoms with Crippen LogP contribution < -0.4 is 4.74 Å². The molecule has 1 aliphatic rings. The fraction of sp³-hybridized carbons (Fsp3) is 0.368. The van der Waals surface area contributed by atoms with Crippen molar-refractivity contribution in [1.82, 2.24) is 9.21 Å². The van der Waals surface area contributed by atoms with Gasteiger partial charge in [-0.1, -0.05) is 41.9 Å². The van der Waals surface area contributed by atoms with Crippen molar-refractivity contribution in [2.45, 2.75) is 17.9 Å². The van der Waals surface area contributed by atoms with E-state index in [1.165, 1.54) is 23.0 Å². The monoisotopic (exact) mass is 394 g/mol. The van der Waals surface area contributed by atoms with Crippen LogP contribution in [-0.4, -0.2) is 50.9 Å². The van der Waals surface area contributed by atoms with Crippen LogP contribution in [0, 0.1) is 0 Å². The molecule has 5 nitrogen and oxygen atoms in total. The lowest BCUT2D eigenvalue weighted by Gasteiger charge is -2.37. The zero-order valence-electron chi connectivity index (χ0n) is 14.9. The maximum absolute atomic E-state index is 13.0. The van der Waals surface area contributed by atoms with Crippen LogP contribution in [0.4, 0.5) is 0 Å². The minimum Gasteiger partial charge on any atom is -0.495 e. The quantitative estimate of drug-likeness (QED) is 0.779. The Bertz CT molecular complexity index is 850. The predicted molar refractivity (Wildman–Crippen MR) is 103 cm³/mol. The highest BCUT2D eigenvalue weighted by atomic mass is 35.5. The molecule has 1 saturated heterocycles. The van der Waals surface area contributed by atoms with Gasteiger partial charge in [0.05, 0.1) is 7.11 Å². The van der Waals surface area contributed by atoms with E-state index in [-0.39, 0.29) is 10.9 Å². The summed E-state index contributed by atoms with van der Waals surface area (Å²) in [6.07, 6.45) is 0. The van der Waals surface area contributed by atoms with Gasteiger partial charge >= 0.3 is 0 Å². The van der Waals surface area contributed by atoms with Crippen molar-refractivity contribution < 1.29 is 13.2 Å². The highest BCUT2D eigenvalue weighted by Gasteiger charge is 2.32. The maximum Gasteiger partial charge on any atom is 0.246 e. The molecule has 0 saturated carbocycles. The average molecular weight is 395 g/mol. The van der Waals surface area contributed by atoms with E-state index in [0.717, 1.165) is 0 Å². The third kappa shape index (κ3) is 3.88. The number of ether oxygens (including phenoxy) is 1. The van der Waals surface area contributed by atoms with Crippen molar-refractivity contribution >= 4 is 21.6 Å². The second-order valence-corrected chi connectivity index (χ2v) is 8.66. The highest BCUT2D eigenvalue weighted by Crippen LogP contribution is 2.31. The molecule has 26 heavy (non-hydrogen) atoms. The van der Waals surface area contributed by atoms with Gasteiger partial charge in [0, 0.05) is 37.2 Å². The van der Waals surface area contributed by atoms with Gasteiger partial charge in [-0.05, 0) is 30.7 Å². The van der Waals surface area contributed by atoms with Crippen LogP contribution in [0.2, 0.25) is 5.02 Å². The number of halogens is 1. The van der Waals surface area contributed by atoms with Crippen molar-refractivity contribution in [3.8, 4) is 5.75 Å². The van der Waals surface area contributed by atoms with Crippen LogP contribution in [0.15, 0.2) is 53.4 Å². The van der Waals surface area contributed by atoms with Gasteiger partial charge in [0.15, 0.2) is 0 Å². The van der Waals surface area contributed by atoms with Crippen LogP contribution >= 0.6 is 11.6 Å². The Labute approximate surface area is 160 Å². The Hall–Kier alpha value is -1.60. The SMILES string of the molecule is COc1ccc(Cl)cc1S(=O)(=O)N1CCN(C(C)c2ccccc2)CC1. The number of hydrogen-bond acceptors (Lipinski definition) is 4. The van der Waals surface area contributed by atoms with E-state index in [9.17, 15) is 8.42 Å². The molecule has 1 atom stereocenters. The van der Waals surface area contributed by atoms with E-state index < -0.39 is 10.0 Å². The molecule has 0 amide bonds. The predicted octanol–water partition coefficient (Wildman–Crippen LogP) is 3.42. The van der Waals surface area contributed by atoms with Crippen LogP contribution in [-0.2, 0) is 10.0 Å². The molecule has 1 aliphatic heterocycles. The van der Waals surface area contributed by atoms with Gasteiger partial charge in [-0.25, -0.2) is 8.42 Å². The topological polar surface area (TPSA) is 49.9 Å². The first kappa shape index (κ1) is 19.2. The average Bonchev–Trinajstić information content (AvgIpc) is 2.68. The summed E-state index contributed by atoms with van der Waals surface area (Å²) in [5.74, 6) is 0.314. The summed E-state index contributed by atoms with van der Waals surface area (Å²) in [6.45, 7) is 4.39. The molecule has 1 fully saturated rings. The maximum atomic E-state index is 13.0. The molecule has 140 valence electrons. The van der Waals surface area contributed by atoms with Crippen LogP contribution in [0.1, 0.15) is 18.5 Å². The van der Waals surface area contributed by atoms with Crippen molar-refractivity contribution in [3.05, 3.63) is 59.1 Å². The van der Waals surface area contributed by atoms with Gasteiger partial charge < -0.3 is 4.74 Å². The summed E-state index contributed by atoms with van der Waals surface area (Å²) in [4.78, 5) is 2.42. The number of sulfonamides is 1. The van der Waals surface area contributed by atoms with E-state index >= 15 is 0 Å². The third-order valence-corrected chi connectivity index (χ3v) is 7.00. The molecule has 1 unspecified atom stereocenters. The van der Waals surface area contributed by atoms with Crippen LogP contribution in [0.5, 0.6) is 5.75 Å². The van der Waals surface area contributed by atoms with Gasteiger partial charge in [-0.15, -0.1) is 0 Å². The molecule has 7 heteroatoms. The first-order chi connectivity index (χ1) is 12.4. The Morgan fingerprint density at radius 1 is 1.04 bits per heavy atom. The normalized spacial score (nSPS) is 17.8. The first-order valence-electron chi connectivity index (χ1n) is 8.56. The van der Waals surface area contributed by atoms with Crippen molar-refractivity contribution in [2.24, 2.45) is 0 Å². The molecule has 2 aromatic carbocycles. The smallest absolute Gasteiger partial charge is 0.246 e. The van der Waals surface area contributed by atoms with Gasteiger partial charge in [0.1, 0.15) is 10.6 Å². The fourth-order valence-electron chi connectivity index (χ4n) is 3.26. The number of hydrogen-bond donors (Lipinski definition) is 0. The number of piperazine rings is 1. The van der Waals surface area contributed by atoms with E-state index in [1.54, 1.807) is 12.1 Å².